The van der Waals surface area contributed by atoms with Crippen LogP contribution in [0.5, 0.6) is 0 Å². The number of alkyl halides is 3. The van der Waals surface area contributed by atoms with E-state index in [2.05, 4.69) is 5.32 Å². The van der Waals surface area contributed by atoms with E-state index in [0.29, 0.717) is 0 Å². The number of halogens is 3. The van der Waals surface area contributed by atoms with E-state index in [9.17, 15) is 18.0 Å². The first-order valence-corrected chi connectivity index (χ1v) is 5.34. The third-order valence-electron chi connectivity index (χ3n) is 2.66. The van der Waals surface area contributed by atoms with Gasteiger partial charge >= 0.3 is 6.18 Å². The minimum atomic E-state index is -4.61. The van der Waals surface area contributed by atoms with E-state index in [1.807, 2.05) is 0 Å². The van der Waals surface area contributed by atoms with Crippen LogP contribution in [0.4, 0.5) is 18.9 Å². The molecule has 94 valence electrons. The molecule has 2 rings (SSSR count). The fraction of sp³-hybridized carbons (Fsp3) is 0.333. The van der Waals surface area contributed by atoms with Crippen LogP contribution < -0.4 is 5.32 Å². The van der Waals surface area contributed by atoms with Gasteiger partial charge in [0.2, 0.25) is 5.91 Å². The lowest BCUT2D eigenvalue weighted by Gasteiger charge is -2.11. The first-order valence-electron chi connectivity index (χ1n) is 5.34. The lowest BCUT2D eigenvalue weighted by molar-refractivity contribution is -0.137. The number of rotatable bonds is 2. The molecule has 1 aliphatic rings. The lowest BCUT2D eigenvalue weighted by atomic mass is 10.1. The molecular formula is C12H9F3N2O. The predicted molar refractivity (Wildman–Crippen MR) is 57.5 cm³/mol. The molecule has 18 heavy (non-hydrogen) atoms. The molecule has 0 aliphatic heterocycles. The molecule has 0 spiro atoms. The van der Waals surface area contributed by atoms with Crippen molar-refractivity contribution in [1.82, 2.24) is 0 Å². The van der Waals surface area contributed by atoms with E-state index in [0.717, 1.165) is 25.0 Å². The predicted octanol–water partition coefficient (Wildman–Crippen LogP) is 2.93. The van der Waals surface area contributed by atoms with Crippen molar-refractivity contribution in [2.45, 2.75) is 19.0 Å². The number of hydrogen-bond acceptors (Lipinski definition) is 2. The topological polar surface area (TPSA) is 52.9 Å². The number of amides is 1. The molecule has 0 atom stereocenters. The second-order valence-electron chi connectivity index (χ2n) is 4.13. The molecule has 3 nitrogen and oxygen atoms in total. The Morgan fingerprint density at radius 1 is 1.39 bits per heavy atom. The lowest BCUT2D eigenvalue weighted by Crippen LogP contribution is -2.15. The summed E-state index contributed by atoms with van der Waals surface area (Å²) in [6.45, 7) is 0. The van der Waals surface area contributed by atoms with Crippen LogP contribution in [-0.2, 0) is 11.0 Å². The van der Waals surface area contributed by atoms with Crippen LogP contribution >= 0.6 is 0 Å². The van der Waals surface area contributed by atoms with Crippen molar-refractivity contribution in [1.29, 1.82) is 5.26 Å². The summed E-state index contributed by atoms with van der Waals surface area (Å²) in [5, 5.41) is 11.0. The van der Waals surface area contributed by atoms with Crippen molar-refractivity contribution < 1.29 is 18.0 Å². The minimum Gasteiger partial charge on any atom is -0.326 e. The van der Waals surface area contributed by atoms with E-state index in [4.69, 9.17) is 5.26 Å². The van der Waals surface area contributed by atoms with Gasteiger partial charge in [-0.1, -0.05) is 0 Å². The normalized spacial score (nSPS) is 15.0. The van der Waals surface area contributed by atoms with Crippen molar-refractivity contribution in [3.05, 3.63) is 29.3 Å². The Labute approximate surface area is 101 Å². The van der Waals surface area contributed by atoms with Crippen molar-refractivity contribution >= 4 is 11.6 Å². The van der Waals surface area contributed by atoms with Gasteiger partial charge in [0.1, 0.15) is 0 Å². The molecular weight excluding hydrogens is 245 g/mol. The average Bonchev–Trinajstić information content (AvgIpc) is 3.11. The number of carbonyl (C=O) groups excluding carboxylic acids is 1. The van der Waals surface area contributed by atoms with Crippen LogP contribution in [0.3, 0.4) is 0 Å². The summed E-state index contributed by atoms with van der Waals surface area (Å²) in [5.74, 6) is -0.359. The van der Waals surface area contributed by atoms with Gasteiger partial charge in [-0.15, -0.1) is 0 Å². The van der Waals surface area contributed by atoms with Crippen LogP contribution in [-0.4, -0.2) is 5.91 Å². The molecule has 0 heterocycles. The summed E-state index contributed by atoms with van der Waals surface area (Å²) in [6.07, 6.45) is -3.06. The number of carbonyl (C=O) groups is 1. The highest BCUT2D eigenvalue weighted by molar-refractivity contribution is 5.94. The van der Waals surface area contributed by atoms with Crippen LogP contribution in [0.15, 0.2) is 18.2 Å². The molecule has 0 unspecified atom stereocenters. The van der Waals surface area contributed by atoms with Gasteiger partial charge in [0.15, 0.2) is 0 Å². The Morgan fingerprint density at radius 3 is 2.56 bits per heavy atom. The summed E-state index contributed by atoms with van der Waals surface area (Å²) in [4.78, 5) is 11.4. The SMILES string of the molecule is N#Cc1ccc(NC(=O)C2CC2)cc1C(F)(F)F. The molecule has 1 amide bonds. The highest BCUT2D eigenvalue weighted by Crippen LogP contribution is 2.34. The number of nitrogens with one attached hydrogen (secondary N) is 1. The van der Waals surface area contributed by atoms with Gasteiger partial charge in [0, 0.05) is 11.6 Å². The zero-order chi connectivity index (χ0) is 13.3. The molecule has 1 aromatic carbocycles. The summed E-state index contributed by atoms with van der Waals surface area (Å²) in [6, 6.07) is 4.64. The van der Waals surface area contributed by atoms with E-state index >= 15 is 0 Å². The first kappa shape index (κ1) is 12.4. The van der Waals surface area contributed by atoms with E-state index in [1.165, 1.54) is 12.1 Å². The summed E-state index contributed by atoms with van der Waals surface area (Å²) in [7, 11) is 0. The van der Waals surface area contributed by atoms with Gasteiger partial charge in [-0.2, -0.15) is 18.4 Å². The fourth-order valence-corrected chi connectivity index (χ4v) is 1.54. The molecule has 0 saturated heterocycles. The van der Waals surface area contributed by atoms with Gasteiger partial charge in [0.25, 0.3) is 0 Å². The largest absolute Gasteiger partial charge is 0.417 e. The quantitative estimate of drug-likeness (QED) is 0.882. The van der Waals surface area contributed by atoms with E-state index in [-0.39, 0.29) is 17.5 Å². The van der Waals surface area contributed by atoms with E-state index in [1.54, 1.807) is 0 Å². The van der Waals surface area contributed by atoms with Gasteiger partial charge in [-0.3, -0.25) is 4.79 Å². The maximum absolute atomic E-state index is 12.7. The van der Waals surface area contributed by atoms with Crippen molar-refractivity contribution in [3.63, 3.8) is 0 Å². The summed E-state index contributed by atoms with van der Waals surface area (Å²) < 4.78 is 38.0. The molecule has 0 aromatic heterocycles. The summed E-state index contributed by atoms with van der Waals surface area (Å²) >= 11 is 0. The molecule has 1 N–H and O–H groups in total. The van der Waals surface area contributed by atoms with Crippen LogP contribution in [0.1, 0.15) is 24.0 Å². The number of nitriles is 1. The van der Waals surface area contributed by atoms with Gasteiger partial charge < -0.3 is 5.32 Å². The smallest absolute Gasteiger partial charge is 0.326 e. The molecule has 0 bridgehead atoms. The van der Waals surface area contributed by atoms with Crippen LogP contribution in [0.25, 0.3) is 0 Å². The standard InChI is InChI=1S/C12H9F3N2O/c13-12(14,15)10-5-9(4-3-8(10)6-16)17-11(18)7-1-2-7/h3-5,7H,1-2H2,(H,17,18). The third-order valence-corrected chi connectivity index (χ3v) is 2.66. The van der Waals surface area contributed by atoms with E-state index < -0.39 is 17.3 Å². The third kappa shape index (κ3) is 2.62. The Morgan fingerprint density at radius 2 is 2.06 bits per heavy atom. The van der Waals surface area contributed by atoms with Crippen molar-refractivity contribution in [2.24, 2.45) is 5.92 Å². The minimum absolute atomic E-state index is 0.0678. The van der Waals surface area contributed by atoms with Crippen molar-refractivity contribution in [2.75, 3.05) is 5.32 Å². The first-order chi connectivity index (χ1) is 8.41. The Hall–Kier alpha value is -2.03. The van der Waals surface area contributed by atoms with Gasteiger partial charge in [-0.25, -0.2) is 0 Å². The number of anilines is 1. The van der Waals surface area contributed by atoms with Gasteiger partial charge in [-0.05, 0) is 31.0 Å². The monoisotopic (exact) mass is 254 g/mol. The Bertz CT molecular complexity index is 527. The Balaban J connectivity index is 2.28. The highest BCUT2D eigenvalue weighted by Gasteiger charge is 2.34. The molecule has 6 heteroatoms. The number of hydrogen-bond donors (Lipinski definition) is 1. The number of benzene rings is 1. The second-order valence-corrected chi connectivity index (χ2v) is 4.13. The van der Waals surface area contributed by atoms with Gasteiger partial charge in [0.05, 0.1) is 17.2 Å². The molecule has 1 fully saturated rings. The highest BCUT2D eigenvalue weighted by atomic mass is 19.4. The molecule has 1 aliphatic carbocycles. The molecule has 1 aromatic rings. The fourth-order valence-electron chi connectivity index (χ4n) is 1.54. The Kier molecular flexibility index (Phi) is 2.99. The average molecular weight is 254 g/mol. The maximum atomic E-state index is 12.7. The van der Waals surface area contributed by atoms with Crippen LogP contribution in [0.2, 0.25) is 0 Å². The maximum Gasteiger partial charge on any atom is 0.417 e. The second kappa shape index (κ2) is 4.33. The summed E-state index contributed by atoms with van der Waals surface area (Å²) in [5.41, 5.74) is -1.41. The zero-order valence-electron chi connectivity index (χ0n) is 9.21. The van der Waals surface area contributed by atoms with Crippen LogP contribution in [0, 0.1) is 17.2 Å². The zero-order valence-corrected chi connectivity index (χ0v) is 9.21. The molecule has 0 radical (unpaired) electrons. The molecule has 1 saturated carbocycles. The van der Waals surface area contributed by atoms with Crippen molar-refractivity contribution in [3.8, 4) is 6.07 Å². The number of nitrogens with zero attached hydrogens (tertiary/aromatic N) is 1.